The Bertz CT molecular complexity index is 788. The number of hydrogen-bond acceptors (Lipinski definition) is 3. The van der Waals surface area contributed by atoms with Gasteiger partial charge in [-0.15, -0.1) is 0 Å². The smallest absolute Gasteiger partial charge is 0.306 e. The summed E-state index contributed by atoms with van der Waals surface area (Å²) >= 11 is 0. The minimum absolute atomic E-state index is 0.0629. The van der Waals surface area contributed by atoms with Crippen molar-refractivity contribution in [3.05, 3.63) is 47.8 Å². The van der Waals surface area contributed by atoms with Crippen LogP contribution in [0.25, 0.3) is 5.69 Å². The number of carbonyl (C=O) groups excluding carboxylic acids is 1. The van der Waals surface area contributed by atoms with Gasteiger partial charge in [0.25, 0.3) is 5.91 Å². The van der Waals surface area contributed by atoms with E-state index in [1.165, 1.54) is 0 Å². The van der Waals surface area contributed by atoms with Gasteiger partial charge in [-0.05, 0) is 43.9 Å². The van der Waals surface area contributed by atoms with Crippen molar-refractivity contribution < 1.29 is 14.7 Å². The second-order valence-corrected chi connectivity index (χ2v) is 6.88. The minimum atomic E-state index is -0.766. The number of nitrogens with zero attached hydrogens (tertiary/aromatic N) is 3. The number of benzene rings is 1. The maximum atomic E-state index is 13.0. The molecule has 4 rings (SSSR count). The summed E-state index contributed by atoms with van der Waals surface area (Å²) in [5.41, 5.74) is 2.42. The highest BCUT2D eigenvalue weighted by atomic mass is 16.4. The molecule has 1 aliphatic heterocycles. The van der Waals surface area contributed by atoms with Gasteiger partial charge in [0.05, 0.1) is 17.3 Å². The molecule has 1 amide bonds. The fraction of sp³-hybridized carbons (Fsp3) is 0.421. The first-order valence-electron chi connectivity index (χ1n) is 8.81. The Morgan fingerprint density at radius 3 is 2.32 bits per heavy atom. The van der Waals surface area contributed by atoms with Gasteiger partial charge in [0, 0.05) is 19.0 Å². The van der Waals surface area contributed by atoms with E-state index >= 15 is 0 Å². The summed E-state index contributed by atoms with van der Waals surface area (Å²) in [6.07, 6.45) is 3.28. The summed E-state index contributed by atoms with van der Waals surface area (Å²) in [5.74, 6) is -0.705. The molecule has 1 saturated heterocycles. The first kappa shape index (κ1) is 15.9. The molecular formula is C19H21N3O3. The molecule has 1 aromatic heterocycles. The SMILES string of the molecule is O=C(O)C1CCN(C(=O)c2cc(C3CC3)nn2-c2ccccc2)CC1. The Kier molecular flexibility index (Phi) is 4.03. The standard InChI is InChI=1S/C19H21N3O3/c23-18(21-10-8-14(9-11-21)19(24)25)17-12-16(13-6-7-13)20-22(17)15-4-2-1-3-5-15/h1-5,12-14H,6-11H2,(H,24,25). The molecule has 2 aromatic rings. The van der Waals surface area contributed by atoms with Crippen LogP contribution in [-0.4, -0.2) is 44.8 Å². The van der Waals surface area contributed by atoms with Crippen LogP contribution >= 0.6 is 0 Å². The Labute approximate surface area is 146 Å². The Morgan fingerprint density at radius 2 is 1.72 bits per heavy atom. The molecule has 0 unspecified atom stereocenters. The van der Waals surface area contributed by atoms with Crippen molar-refractivity contribution in [3.63, 3.8) is 0 Å². The molecule has 2 aliphatic rings. The van der Waals surface area contributed by atoms with E-state index in [4.69, 9.17) is 5.11 Å². The first-order chi connectivity index (χ1) is 12.1. The highest BCUT2D eigenvalue weighted by molar-refractivity contribution is 5.93. The number of amides is 1. The van der Waals surface area contributed by atoms with Crippen LogP contribution < -0.4 is 0 Å². The summed E-state index contributed by atoms with van der Waals surface area (Å²) in [4.78, 5) is 25.9. The normalized spacial score (nSPS) is 18.3. The highest BCUT2D eigenvalue weighted by Gasteiger charge is 2.32. The lowest BCUT2D eigenvalue weighted by atomic mass is 9.97. The maximum Gasteiger partial charge on any atom is 0.306 e. The summed E-state index contributed by atoms with van der Waals surface area (Å²) in [6.45, 7) is 0.961. The summed E-state index contributed by atoms with van der Waals surface area (Å²) < 4.78 is 1.74. The van der Waals surface area contributed by atoms with Crippen molar-refractivity contribution in [2.75, 3.05) is 13.1 Å². The van der Waals surface area contributed by atoms with Crippen molar-refractivity contribution in [2.24, 2.45) is 5.92 Å². The van der Waals surface area contributed by atoms with Crippen LogP contribution in [0.3, 0.4) is 0 Å². The van der Waals surface area contributed by atoms with Crippen molar-refractivity contribution in [1.29, 1.82) is 0 Å². The zero-order valence-corrected chi connectivity index (χ0v) is 14.0. The number of hydrogen-bond donors (Lipinski definition) is 1. The van der Waals surface area contributed by atoms with Crippen LogP contribution in [-0.2, 0) is 4.79 Å². The molecule has 1 aliphatic carbocycles. The average molecular weight is 339 g/mol. The van der Waals surface area contributed by atoms with Gasteiger partial charge >= 0.3 is 5.97 Å². The molecule has 0 radical (unpaired) electrons. The number of carboxylic acid groups (broad SMARTS) is 1. The fourth-order valence-corrected chi connectivity index (χ4v) is 3.39. The van der Waals surface area contributed by atoms with Gasteiger partial charge in [0.15, 0.2) is 0 Å². The van der Waals surface area contributed by atoms with E-state index in [1.54, 1.807) is 9.58 Å². The number of aliphatic carboxylic acids is 1. The number of aromatic nitrogens is 2. The molecule has 2 heterocycles. The molecule has 0 spiro atoms. The lowest BCUT2D eigenvalue weighted by molar-refractivity contribution is -0.143. The van der Waals surface area contributed by atoms with Crippen LogP contribution in [0, 0.1) is 5.92 Å². The molecule has 1 saturated carbocycles. The zero-order chi connectivity index (χ0) is 17.4. The number of piperidine rings is 1. The molecule has 2 fully saturated rings. The number of carboxylic acids is 1. The number of likely N-dealkylation sites (tertiary alicyclic amines) is 1. The Balaban J connectivity index is 1.61. The van der Waals surface area contributed by atoms with Crippen LogP contribution in [0.2, 0.25) is 0 Å². The molecule has 130 valence electrons. The van der Waals surface area contributed by atoms with Crippen molar-refractivity contribution in [2.45, 2.75) is 31.6 Å². The number of rotatable bonds is 4. The number of carbonyl (C=O) groups is 2. The molecule has 6 heteroatoms. The molecule has 1 aromatic carbocycles. The van der Waals surface area contributed by atoms with E-state index in [0.717, 1.165) is 24.2 Å². The fourth-order valence-electron chi connectivity index (χ4n) is 3.39. The van der Waals surface area contributed by atoms with E-state index in [-0.39, 0.29) is 11.8 Å². The van der Waals surface area contributed by atoms with Crippen LogP contribution in [0.15, 0.2) is 36.4 Å². The van der Waals surface area contributed by atoms with Gasteiger partial charge in [0.2, 0.25) is 0 Å². The van der Waals surface area contributed by atoms with Crippen molar-refractivity contribution in [3.8, 4) is 5.69 Å². The predicted molar refractivity (Wildman–Crippen MR) is 91.8 cm³/mol. The van der Waals surface area contributed by atoms with Gasteiger partial charge < -0.3 is 10.0 Å². The molecule has 0 atom stereocenters. The lowest BCUT2D eigenvalue weighted by Crippen LogP contribution is -2.40. The second-order valence-electron chi connectivity index (χ2n) is 6.88. The molecular weight excluding hydrogens is 318 g/mol. The average Bonchev–Trinajstić information content (AvgIpc) is 3.40. The maximum absolute atomic E-state index is 13.0. The molecule has 6 nitrogen and oxygen atoms in total. The van der Waals surface area contributed by atoms with Crippen LogP contribution in [0.1, 0.15) is 47.8 Å². The van der Waals surface area contributed by atoms with Crippen LogP contribution in [0.5, 0.6) is 0 Å². The zero-order valence-electron chi connectivity index (χ0n) is 14.0. The highest BCUT2D eigenvalue weighted by Crippen LogP contribution is 2.40. The first-order valence-corrected chi connectivity index (χ1v) is 8.81. The molecule has 0 bridgehead atoms. The van der Waals surface area contributed by atoms with Crippen molar-refractivity contribution >= 4 is 11.9 Å². The third kappa shape index (κ3) is 3.16. The van der Waals surface area contributed by atoms with E-state index in [1.807, 2.05) is 36.4 Å². The van der Waals surface area contributed by atoms with Gasteiger partial charge in [-0.1, -0.05) is 18.2 Å². The summed E-state index contributed by atoms with van der Waals surface area (Å²) in [7, 11) is 0. The minimum Gasteiger partial charge on any atom is -0.481 e. The lowest BCUT2D eigenvalue weighted by Gasteiger charge is -2.30. The quantitative estimate of drug-likeness (QED) is 0.929. The van der Waals surface area contributed by atoms with E-state index in [2.05, 4.69) is 5.10 Å². The molecule has 1 N–H and O–H groups in total. The Morgan fingerprint density at radius 1 is 1.04 bits per heavy atom. The van der Waals surface area contributed by atoms with Gasteiger partial charge in [-0.3, -0.25) is 9.59 Å². The van der Waals surface area contributed by atoms with Gasteiger partial charge in [0.1, 0.15) is 5.69 Å². The third-order valence-corrected chi connectivity index (χ3v) is 5.08. The van der Waals surface area contributed by atoms with Gasteiger partial charge in [-0.2, -0.15) is 5.10 Å². The third-order valence-electron chi connectivity index (χ3n) is 5.08. The predicted octanol–water partition coefficient (Wildman–Crippen LogP) is 2.69. The topological polar surface area (TPSA) is 75.4 Å². The van der Waals surface area contributed by atoms with Gasteiger partial charge in [-0.25, -0.2) is 4.68 Å². The van der Waals surface area contributed by atoms with E-state index < -0.39 is 5.97 Å². The Hall–Kier alpha value is -2.63. The number of para-hydroxylation sites is 1. The second kappa shape index (κ2) is 6.35. The summed E-state index contributed by atoms with van der Waals surface area (Å²) in [5, 5.41) is 13.8. The van der Waals surface area contributed by atoms with E-state index in [9.17, 15) is 9.59 Å². The molecule has 25 heavy (non-hydrogen) atoms. The monoisotopic (exact) mass is 339 g/mol. The largest absolute Gasteiger partial charge is 0.481 e. The summed E-state index contributed by atoms with van der Waals surface area (Å²) in [6, 6.07) is 11.6. The van der Waals surface area contributed by atoms with Crippen molar-refractivity contribution in [1.82, 2.24) is 14.7 Å². The van der Waals surface area contributed by atoms with E-state index in [0.29, 0.717) is 37.5 Å². The van der Waals surface area contributed by atoms with Crippen LogP contribution in [0.4, 0.5) is 0 Å².